The number of rotatable bonds is 10. The van der Waals surface area contributed by atoms with Crippen molar-refractivity contribution in [1.29, 1.82) is 0 Å². The number of Topliss-reactive ketones (excluding diaryl/α,β-unsaturated/α-hetero) is 1. The topological polar surface area (TPSA) is 128 Å². The highest BCUT2D eigenvalue weighted by molar-refractivity contribution is 7.17. The lowest BCUT2D eigenvalue weighted by molar-refractivity contribution is -0.117. The lowest BCUT2D eigenvalue weighted by Gasteiger charge is -2.25. The summed E-state index contributed by atoms with van der Waals surface area (Å²) in [6, 6.07) is 13.7. The van der Waals surface area contributed by atoms with Crippen molar-refractivity contribution in [1.82, 2.24) is 9.97 Å². The van der Waals surface area contributed by atoms with E-state index >= 15 is 0 Å². The summed E-state index contributed by atoms with van der Waals surface area (Å²) in [5, 5.41) is 12.0. The molecule has 1 atom stereocenters. The molecule has 4 aromatic rings. The average molecular weight is 620 g/mol. The number of amides is 1. The molecule has 0 aliphatic carbocycles. The second-order valence-electron chi connectivity index (χ2n) is 9.63. The number of esters is 1. The number of carbonyl (C=O) groups is 3. The lowest BCUT2D eigenvalue weighted by atomic mass is 9.95. The number of ether oxygens (including phenoxy) is 3. The van der Waals surface area contributed by atoms with Gasteiger partial charge in [-0.15, -0.1) is 11.3 Å². The summed E-state index contributed by atoms with van der Waals surface area (Å²) in [7, 11) is 1.26. The van der Waals surface area contributed by atoms with E-state index in [4.69, 9.17) is 14.2 Å². The Morgan fingerprint density at radius 3 is 2.33 bits per heavy atom. The Kier molecular flexibility index (Phi) is 8.60. The van der Waals surface area contributed by atoms with E-state index in [1.807, 2.05) is 37.3 Å². The maximum atomic E-state index is 14.0. The van der Waals surface area contributed by atoms with Crippen LogP contribution in [0.25, 0.3) is 0 Å². The lowest BCUT2D eigenvalue weighted by Crippen LogP contribution is -2.31. The van der Waals surface area contributed by atoms with Gasteiger partial charge in [-0.3, -0.25) is 14.5 Å². The molecule has 10 nitrogen and oxygen atoms in total. The van der Waals surface area contributed by atoms with Gasteiger partial charge in [0.15, 0.2) is 22.4 Å². The van der Waals surface area contributed by atoms with Gasteiger partial charge < -0.3 is 19.3 Å². The van der Waals surface area contributed by atoms with Crippen LogP contribution in [0.3, 0.4) is 0 Å². The minimum absolute atomic E-state index is 0.121. The molecular formula is C31H29N3O7S2. The molecular weight excluding hydrogens is 590 g/mol. The summed E-state index contributed by atoms with van der Waals surface area (Å²) in [5.74, 6) is -1.78. The van der Waals surface area contributed by atoms with Crippen LogP contribution >= 0.6 is 22.7 Å². The summed E-state index contributed by atoms with van der Waals surface area (Å²) in [4.78, 5) is 50.6. The van der Waals surface area contributed by atoms with Crippen LogP contribution in [-0.4, -0.2) is 46.5 Å². The van der Waals surface area contributed by atoms with Crippen molar-refractivity contribution in [2.24, 2.45) is 0 Å². The normalized spacial score (nSPS) is 14.8. The fourth-order valence-corrected chi connectivity index (χ4v) is 6.68. The Labute approximate surface area is 256 Å². The molecule has 0 saturated carbocycles. The van der Waals surface area contributed by atoms with E-state index in [-0.39, 0.29) is 15.6 Å². The Morgan fingerprint density at radius 1 is 0.953 bits per heavy atom. The van der Waals surface area contributed by atoms with Gasteiger partial charge in [-0.05, 0) is 51.0 Å². The van der Waals surface area contributed by atoms with E-state index in [1.54, 1.807) is 39.0 Å². The summed E-state index contributed by atoms with van der Waals surface area (Å²) in [6.45, 7) is 7.58. The maximum Gasteiger partial charge on any atom is 0.350 e. The molecule has 0 fully saturated rings. The molecule has 43 heavy (non-hydrogen) atoms. The van der Waals surface area contributed by atoms with Gasteiger partial charge in [0.1, 0.15) is 11.5 Å². The third kappa shape index (κ3) is 5.75. The second kappa shape index (κ2) is 12.4. The Hall–Kier alpha value is -4.55. The van der Waals surface area contributed by atoms with Crippen LogP contribution in [0.5, 0.6) is 11.5 Å². The van der Waals surface area contributed by atoms with Gasteiger partial charge in [-0.25, -0.2) is 14.8 Å². The zero-order chi connectivity index (χ0) is 30.8. The third-order valence-electron chi connectivity index (χ3n) is 6.75. The zero-order valence-electron chi connectivity index (χ0n) is 24.2. The van der Waals surface area contributed by atoms with Crippen LogP contribution in [0.2, 0.25) is 0 Å². The fourth-order valence-electron chi connectivity index (χ4n) is 4.80. The number of methoxy groups -OCH3 is 1. The van der Waals surface area contributed by atoms with Crippen molar-refractivity contribution in [3.05, 3.63) is 97.1 Å². The minimum Gasteiger partial charge on any atom is -0.503 e. The number of aliphatic hydroxyl groups is 1. The summed E-state index contributed by atoms with van der Waals surface area (Å²) >= 11 is 2.12. The number of ketones is 1. The second-order valence-corrected chi connectivity index (χ2v) is 11.8. The fraction of sp³-hybridized carbons (Fsp3) is 0.258. The maximum absolute atomic E-state index is 14.0. The smallest absolute Gasteiger partial charge is 0.350 e. The number of anilines is 1. The summed E-state index contributed by atoms with van der Waals surface area (Å²) in [6.07, 6.45) is 0. The van der Waals surface area contributed by atoms with Gasteiger partial charge in [-0.1, -0.05) is 47.7 Å². The number of aromatic nitrogens is 2. The number of hydrogen-bond acceptors (Lipinski definition) is 11. The van der Waals surface area contributed by atoms with Gasteiger partial charge >= 0.3 is 5.97 Å². The highest BCUT2D eigenvalue weighted by atomic mass is 32.1. The first kappa shape index (κ1) is 29.9. The number of thiazole rings is 2. The predicted octanol–water partition coefficient (Wildman–Crippen LogP) is 6.07. The van der Waals surface area contributed by atoms with Crippen LogP contribution in [0.15, 0.2) is 59.9 Å². The van der Waals surface area contributed by atoms with Crippen LogP contribution in [0.1, 0.15) is 59.8 Å². The van der Waals surface area contributed by atoms with Gasteiger partial charge in [-0.2, -0.15) is 0 Å². The molecule has 12 heteroatoms. The molecule has 0 radical (unpaired) electrons. The Balaban J connectivity index is 1.62. The van der Waals surface area contributed by atoms with Crippen molar-refractivity contribution in [3.8, 4) is 11.5 Å². The number of nitrogens with zero attached hydrogens (tertiary/aromatic N) is 3. The van der Waals surface area contributed by atoms with E-state index in [1.165, 1.54) is 23.3 Å². The van der Waals surface area contributed by atoms with E-state index < -0.39 is 29.5 Å². The molecule has 2 aromatic carbocycles. The molecule has 5 rings (SSSR count). The van der Waals surface area contributed by atoms with Gasteiger partial charge in [0.25, 0.3) is 5.91 Å². The van der Waals surface area contributed by atoms with Crippen LogP contribution in [-0.2, 0) is 16.1 Å². The minimum atomic E-state index is -1.08. The highest BCUT2D eigenvalue weighted by Crippen LogP contribution is 2.46. The SMILES string of the molecule is CCOc1cc(C2C(C(=O)c3sc(C)nc3C)=C(O)C(=O)N2c2nc(C)c(C(=O)OC)s2)ccc1OCc1ccccc1. The molecule has 2 aromatic heterocycles. The van der Waals surface area contributed by atoms with Crippen molar-refractivity contribution in [2.45, 2.75) is 40.3 Å². The van der Waals surface area contributed by atoms with E-state index in [9.17, 15) is 19.5 Å². The molecule has 0 saturated heterocycles. The first-order chi connectivity index (χ1) is 20.6. The van der Waals surface area contributed by atoms with Gasteiger partial charge in [0, 0.05) is 0 Å². The monoisotopic (exact) mass is 619 g/mol. The van der Waals surface area contributed by atoms with Gasteiger partial charge in [0.05, 0.1) is 46.6 Å². The van der Waals surface area contributed by atoms with Crippen LogP contribution < -0.4 is 14.4 Å². The van der Waals surface area contributed by atoms with Crippen LogP contribution in [0, 0.1) is 20.8 Å². The zero-order valence-corrected chi connectivity index (χ0v) is 25.8. The summed E-state index contributed by atoms with van der Waals surface area (Å²) in [5.41, 5.74) is 2.17. The molecule has 1 amide bonds. The van der Waals surface area contributed by atoms with Gasteiger partial charge in [0.2, 0.25) is 5.78 Å². The molecule has 1 aliphatic heterocycles. The van der Waals surface area contributed by atoms with Crippen molar-refractivity contribution in [2.75, 3.05) is 18.6 Å². The van der Waals surface area contributed by atoms with E-state index in [0.29, 0.717) is 51.5 Å². The molecule has 1 N–H and O–H groups in total. The van der Waals surface area contributed by atoms with Crippen LogP contribution in [0.4, 0.5) is 5.13 Å². The van der Waals surface area contributed by atoms with Crippen molar-refractivity contribution in [3.63, 3.8) is 0 Å². The third-order valence-corrected chi connectivity index (χ3v) is 8.95. The highest BCUT2D eigenvalue weighted by Gasteiger charge is 2.47. The Bertz CT molecular complexity index is 1740. The molecule has 222 valence electrons. The standard InChI is InChI=1S/C31H29N3O7S2/c1-6-40-22-14-20(12-13-21(22)41-15-19-10-8-7-9-11-19)24-23(25(35)27-16(2)32-18(4)42-27)26(36)29(37)34(24)31-33-17(3)28(43-31)30(38)39-5/h7-14,24,36H,6,15H2,1-5H3. The molecule has 3 heterocycles. The molecule has 0 bridgehead atoms. The molecule has 0 spiro atoms. The Morgan fingerprint density at radius 2 is 1.67 bits per heavy atom. The largest absolute Gasteiger partial charge is 0.503 e. The van der Waals surface area contributed by atoms with E-state index in [2.05, 4.69) is 9.97 Å². The first-order valence-electron chi connectivity index (χ1n) is 13.4. The number of hydrogen-bond donors (Lipinski definition) is 1. The van der Waals surface area contributed by atoms with Crippen molar-refractivity contribution < 1.29 is 33.7 Å². The predicted molar refractivity (Wildman–Crippen MR) is 162 cm³/mol. The quantitative estimate of drug-likeness (QED) is 0.166. The number of aryl methyl sites for hydroxylation is 3. The average Bonchev–Trinajstić information content (AvgIpc) is 3.63. The number of aliphatic hydroxyl groups excluding tert-OH is 1. The molecule has 1 unspecified atom stereocenters. The van der Waals surface area contributed by atoms with Crippen molar-refractivity contribution >= 4 is 45.5 Å². The van der Waals surface area contributed by atoms with E-state index in [0.717, 1.165) is 16.9 Å². The first-order valence-corrected chi connectivity index (χ1v) is 15.0. The summed E-state index contributed by atoms with van der Waals surface area (Å²) < 4.78 is 16.9. The number of carbonyl (C=O) groups excluding carboxylic acids is 3. The molecule has 1 aliphatic rings. The number of benzene rings is 2.